The summed E-state index contributed by atoms with van der Waals surface area (Å²) in [6.45, 7) is 0.381. The average Bonchev–Trinajstić information content (AvgIpc) is 3.75. The first-order valence-electron chi connectivity index (χ1n) is 13.8. The number of halogens is 1. The Morgan fingerprint density at radius 2 is 1.60 bits per heavy atom. The molecule has 0 aliphatic carbocycles. The Bertz CT molecular complexity index is 2050. The molecule has 0 saturated carbocycles. The molecule has 3 heterocycles. The van der Waals surface area contributed by atoms with Gasteiger partial charge in [0.2, 0.25) is 0 Å². The Balaban J connectivity index is 1.20. The maximum Gasteiger partial charge on any atom is 0.412 e. The van der Waals surface area contributed by atoms with E-state index in [9.17, 15) is 14.4 Å². The molecule has 1 atom stereocenters. The Hall–Kier alpha value is -5.28. The van der Waals surface area contributed by atoms with Crippen LogP contribution in [0.4, 0.5) is 16.2 Å². The number of hydrogen-bond acceptors (Lipinski definition) is 4. The molecule has 10 heteroatoms. The first kappa shape index (κ1) is 26.6. The minimum absolute atomic E-state index is 0.101. The normalized spacial score (nSPS) is 14.3. The van der Waals surface area contributed by atoms with Crippen molar-refractivity contribution in [3.05, 3.63) is 102 Å². The van der Waals surface area contributed by atoms with Crippen molar-refractivity contribution in [2.24, 2.45) is 0 Å². The molecule has 4 N–H and O–H groups in total. The number of benzene rings is 4. The van der Waals surface area contributed by atoms with Gasteiger partial charge in [0.25, 0.3) is 11.8 Å². The van der Waals surface area contributed by atoms with Crippen molar-refractivity contribution >= 4 is 73.5 Å². The lowest BCUT2D eigenvalue weighted by Crippen LogP contribution is -2.30. The summed E-state index contributed by atoms with van der Waals surface area (Å²) < 4.78 is 5.58. The number of rotatable bonds is 5. The number of nitrogens with one attached hydrogen (secondary N) is 4. The molecule has 4 aromatic carbocycles. The minimum atomic E-state index is -0.599. The quantitative estimate of drug-likeness (QED) is 0.166. The van der Waals surface area contributed by atoms with E-state index in [-0.39, 0.29) is 17.7 Å². The molecule has 0 bridgehead atoms. The third-order valence-corrected chi connectivity index (χ3v) is 8.22. The van der Waals surface area contributed by atoms with Crippen LogP contribution in [0.3, 0.4) is 0 Å². The summed E-state index contributed by atoms with van der Waals surface area (Å²) in [6, 6.07) is 26.1. The standard InChI is InChI=1S/C33H26ClN5O4/c1-35-33(42)43-29-15-28-30(23-8-4-3-7-22(23)29)20(16-34)17-39(28)32(41)27-14-19-12-21(10-11-25(19)38-27)36-31(40)26-13-18-6-2-5-9-24(18)37-26/h2-15,20,37-38H,16-17H2,1H3,(H,35,42)(H,36,40). The van der Waals surface area contributed by atoms with Gasteiger partial charge in [-0.05, 0) is 47.3 Å². The van der Waals surface area contributed by atoms with Crippen molar-refractivity contribution in [1.82, 2.24) is 15.3 Å². The van der Waals surface area contributed by atoms with Gasteiger partial charge in [-0.25, -0.2) is 4.79 Å². The summed E-state index contributed by atoms with van der Waals surface area (Å²) in [4.78, 5) is 47.1. The summed E-state index contributed by atoms with van der Waals surface area (Å²) >= 11 is 6.41. The van der Waals surface area contributed by atoms with Crippen molar-refractivity contribution in [3.8, 4) is 5.75 Å². The first-order valence-corrected chi connectivity index (χ1v) is 14.3. The van der Waals surface area contributed by atoms with Crippen LogP contribution in [0.25, 0.3) is 32.6 Å². The molecular formula is C33H26ClN5O4. The molecule has 7 rings (SSSR count). The minimum Gasteiger partial charge on any atom is -0.410 e. The molecule has 2 aromatic heterocycles. The summed E-state index contributed by atoms with van der Waals surface area (Å²) in [7, 11) is 1.49. The summed E-state index contributed by atoms with van der Waals surface area (Å²) in [5, 5.41) is 8.78. The number of hydrogen-bond donors (Lipinski definition) is 4. The largest absolute Gasteiger partial charge is 0.412 e. The Labute approximate surface area is 250 Å². The molecular weight excluding hydrogens is 566 g/mol. The maximum atomic E-state index is 14.0. The number of H-pyrrole nitrogens is 2. The number of alkyl halides is 1. The average molecular weight is 592 g/mol. The summed E-state index contributed by atoms with van der Waals surface area (Å²) in [5.41, 5.74) is 4.68. The molecule has 9 nitrogen and oxygen atoms in total. The van der Waals surface area contributed by atoms with Crippen LogP contribution < -0.4 is 20.3 Å². The van der Waals surface area contributed by atoms with E-state index in [1.54, 1.807) is 23.1 Å². The molecule has 214 valence electrons. The summed E-state index contributed by atoms with van der Waals surface area (Å²) in [5.74, 6) is 0.0759. The Kier molecular flexibility index (Phi) is 6.51. The number of anilines is 2. The first-order chi connectivity index (χ1) is 20.9. The fourth-order valence-corrected chi connectivity index (χ4v) is 6.08. The van der Waals surface area contributed by atoms with Gasteiger partial charge in [-0.1, -0.05) is 42.5 Å². The second kappa shape index (κ2) is 10.5. The highest BCUT2D eigenvalue weighted by Crippen LogP contribution is 2.46. The second-order valence-electron chi connectivity index (χ2n) is 10.5. The highest BCUT2D eigenvalue weighted by atomic mass is 35.5. The number of para-hydroxylation sites is 1. The van der Waals surface area contributed by atoms with Gasteiger partial charge in [0.1, 0.15) is 17.1 Å². The highest BCUT2D eigenvalue weighted by Gasteiger charge is 2.35. The molecule has 1 unspecified atom stereocenters. The van der Waals surface area contributed by atoms with E-state index >= 15 is 0 Å². The van der Waals surface area contributed by atoms with Crippen LogP contribution in [0, 0.1) is 0 Å². The lowest BCUT2D eigenvalue weighted by molar-refractivity contribution is 0.0982. The van der Waals surface area contributed by atoms with Crippen molar-refractivity contribution < 1.29 is 19.1 Å². The van der Waals surface area contributed by atoms with Crippen LogP contribution in [-0.4, -0.2) is 47.3 Å². The van der Waals surface area contributed by atoms with Crippen LogP contribution in [-0.2, 0) is 0 Å². The Morgan fingerprint density at radius 1 is 0.884 bits per heavy atom. The number of ether oxygens (including phenoxy) is 1. The zero-order chi connectivity index (χ0) is 29.7. The van der Waals surface area contributed by atoms with E-state index in [0.717, 1.165) is 38.1 Å². The van der Waals surface area contributed by atoms with Crippen LogP contribution >= 0.6 is 11.6 Å². The van der Waals surface area contributed by atoms with Gasteiger partial charge in [-0.15, -0.1) is 11.6 Å². The number of carbonyl (C=O) groups excluding carboxylic acids is 3. The maximum absolute atomic E-state index is 14.0. The molecule has 43 heavy (non-hydrogen) atoms. The van der Waals surface area contributed by atoms with Gasteiger partial charge in [0.15, 0.2) is 0 Å². The zero-order valence-corrected chi connectivity index (χ0v) is 23.8. The SMILES string of the molecule is CNC(=O)Oc1cc2c(c3ccccc13)C(CCl)CN2C(=O)c1cc2cc(NC(=O)c3cc4ccccc4[nH]3)ccc2[nH]1. The number of aromatic nitrogens is 2. The van der Waals surface area contributed by atoms with E-state index < -0.39 is 6.09 Å². The van der Waals surface area contributed by atoms with Gasteiger partial charge >= 0.3 is 6.09 Å². The smallest absolute Gasteiger partial charge is 0.410 e. The molecule has 6 aromatic rings. The van der Waals surface area contributed by atoms with Crippen molar-refractivity contribution in [2.75, 3.05) is 29.7 Å². The molecule has 0 radical (unpaired) electrons. The third kappa shape index (κ3) is 4.64. The van der Waals surface area contributed by atoms with Gasteiger partial charge < -0.3 is 30.2 Å². The van der Waals surface area contributed by atoms with Crippen LogP contribution in [0.1, 0.15) is 32.5 Å². The van der Waals surface area contributed by atoms with Gasteiger partial charge in [0, 0.05) is 64.3 Å². The number of nitrogens with zero attached hydrogens (tertiary/aromatic N) is 1. The highest BCUT2D eigenvalue weighted by molar-refractivity contribution is 6.19. The van der Waals surface area contributed by atoms with Crippen LogP contribution in [0.2, 0.25) is 0 Å². The second-order valence-corrected chi connectivity index (χ2v) is 10.8. The molecule has 1 aliphatic heterocycles. The third-order valence-electron chi connectivity index (χ3n) is 7.85. The number of fused-ring (bicyclic) bond motifs is 5. The van der Waals surface area contributed by atoms with Crippen molar-refractivity contribution in [1.29, 1.82) is 0 Å². The van der Waals surface area contributed by atoms with Gasteiger partial charge in [-0.2, -0.15) is 0 Å². The van der Waals surface area contributed by atoms with E-state index in [4.69, 9.17) is 16.3 Å². The number of carbonyl (C=O) groups is 3. The zero-order valence-electron chi connectivity index (χ0n) is 23.0. The number of aromatic amines is 2. The Morgan fingerprint density at radius 3 is 2.40 bits per heavy atom. The van der Waals surface area contributed by atoms with E-state index in [1.807, 2.05) is 66.7 Å². The predicted molar refractivity (Wildman–Crippen MR) is 169 cm³/mol. The predicted octanol–water partition coefficient (Wildman–Crippen LogP) is 6.76. The van der Waals surface area contributed by atoms with E-state index in [2.05, 4.69) is 20.6 Å². The fraction of sp³-hybridized carbons (Fsp3) is 0.121. The topological polar surface area (TPSA) is 119 Å². The number of amides is 3. The van der Waals surface area contributed by atoms with Crippen LogP contribution in [0.5, 0.6) is 5.75 Å². The lowest BCUT2D eigenvalue weighted by atomic mass is 9.95. The fourth-order valence-electron chi connectivity index (χ4n) is 5.83. The summed E-state index contributed by atoms with van der Waals surface area (Å²) in [6.07, 6.45) is -0.599. The molecule has 0 saturated heterocycles. The molecule has 0 spiro atoms. The van der Waals surface area contributed by atoms with E-state index in [0.29, 0.717) is 40.9 Å². The lowest BCUT2D eigenvalue weighted by Gasteiger charge is -2.18. The molecule has 0 fully saturated rings. The molecule has 1 aliphatic rings. The van der Waals surface area contributed by atoms with E-state index in [1.165, 1.54) is 7.05 Å². The van der Waals surface area contributed by atoms with Gasteiger partial charge in [0.05, 0.1) is 5.69 Å². The molecule has 3 amide bonds. The van der Waals surface area contributed by atoms with Gasteiger partial charge in [-0.3, -0.25) is 9.59 Å². The van der Waals surface area contributed by atoms with Crippen LogP contribution in [0.15, 0.2) is 84.9 Å². The van der Waals surface area contributed by atoms with Crippen molar-refractivity contribution in [3.63, 3.8) is 0 Å². The van der Waals surface area contributed by atoms with Crippen molar-refractivity contribution in [2.45, 2.75) is 5.92 Å². The monoisotopic (exact) mass is 591 g/mol.